The van der Waals surface area contributed by atoms with Gasteiger partial charge in [-0.3, -0.25) is 4.79 Å². The number of amides is 1. The van der Waals surface area contributed by atoms with E-state index in [4.69, 9.17) is 0 Å². The van der Waals surface area contributed by atoms with Crippen molar-refractivity contribution in [1.82, 2.24) is 4.31 Å². The molecule has 0 bridgehead atoms. The van der Waals surface area contributed by atoms with Crippen LogP contribution in [-0.2, 0) is 30.8 Å². The van der Waals surface area contributed by atoms with E-state index < -0.39 is 40.2 Å². The van der Waals surface area contributed by atoms with Crippen molar-refractivity contribution in [1.29, 1.82) is 0 Å². The fourth-order valence-corrected chi connectivity index (χ4v) is 4.70. The van der Waals surface area contributed by atoms with Gasteiger partial charge < -0.3 is 14.8 Å². The van der Waals surface area contributed by atoms with Gasteiger partial charge in [0, 0.05) is 12.2 Å². The number of nitrogens with zero attached hydrogens (tertiary/aromatic N) is 1. The molecule has 0 saturated carbocycles. The molecule has 0 fully saturated rings. The first-order valence-electron chi connectivity index (χ1n) is 10.5. The molecule has 0 aliphatic rings. The Kier molecular flexibility index (Phi) is 8.51. The molecule has 36 heavy (non-hydrogen) atoms. The summed E-state index contributed by atoms with van der Waals surface area (Å²) in [4.78, 5) is 36.9. The molecular weight excluding hydrogens is 491 g/mol. The van der Waals surface area contributed by atoms with Crippen LogP contribution in [0.25, 0.3) is 0 Å². The molecule has 1 amide bonds. The third kappa shape index (κ3) is 6.52. The predicted octanol–water partition coefficient (Wildman–Crippen LogP) is 3.23. The summed E-state index contributed by atoms with van der Waals surface area (Å²) in [5.41, 5.74) is 0.484. The van der Waals surface area contributed by atoms with Crippen LogP contribution >= 0.6 is 0 Å². The minimum atomic E-state index is -4.12. The standard InChI is InChI=1S/C25H23FN2O7S/c1-34-24(30)18-12-19(25(31)35-2)14-21(13-18)27-23(29)16-28(15-17-8-10-20(26)11-9-17)36(32,33)22-6-4-3-5-7-22/h3-14H,15-16H2,1-2H3,(H,27,29). The third-order valence-corrected chi connectivity index (χ3v) is 6.84. The van der Waals surface area contributed by atoms with Crippen LogP contribution < -0.4 is 5.32 Å². The topological polar surface area (TPSA) is 119 Å². The Morgan fingerprint density at radius 2 is 1.42 bits per heavy atom. The van der Waals surface area contributed by atoms with E-state index in [0.29, 0.717) is 5.56 Å². The van der Waals surface area contributed by atoms with E-state index >= 15 is 0 Å². The predicted molar refractivity (Wildman–Crippen MR) is 128 cm³/mol. The molecule has 1 N–H and O–H groups in total. The van der Waals surface area contributed by atoms with Gasteiger partial charge in [-0.2, -0.15) is 4.31 Å². The Morgan fingerprint density at radius 1 is 0.861 bits per heavy atom. The number of hydrogen-bond donors (Lipinski definition) is 1. The number of esters is 2. The van der Waals surface area contributed by atoms with Gasteiger partial charge in [0.05, 0.1) is 36.8 Å². The number of hydrogen-bond acceptors (Lipinski definition) is 7. The van der Waals surface area contributed by atoms with Gasteiger partial charge in [0.2, 0.25) is 15.9 Å². The highest BCUT2D eigenvalue weighted by Gasteiger charge is 2.27. The average molecular weight is 515 g/mol. The second-order valence-corrected chi connectivity index (χ2v) is 9.48. The van der Waals surface area contributed by atoms with Gasteiger partial charge in [-0.15, -0.1) is 0 Å². The lowest BCUT2D eigenvalue weighted by Gasteiger charge is -2.22. The number of rotatable bonds is 9. The molecule has 188 valence electrons. The Bertz CT molecular complexity index is 1330. The molecule has 0 heterocycles. The highest BCUT2D eigenvalue weighted by molar-refractivity contribution is 7.89. The minimum absolute atomic E-state index is 0.0178. The smallest absolute Gasteiger partial charge is 0.337 e. The number of nitrogens with one attached hydrogen (secondary N) is 1. The van der Waals surface area contributed by atoms with E-state index in [1.807, 2.05) is 0 Å². The number of ether oxygens (including phenoxy) is 2. The largest absolute Gasteiger partial charge is 0.465 e. The van der Waals surface area contributed by atoms with Crippen molar-refractivity contribution >= 4 is 33.6 Å². The molecule has 0 spiro atoms. The first kappa shape index (κ1) is 26.5. The molecule has 3 aromatic carbocycles. The van der Waals surface area contributed by atoms with Gasteiger partial charge in [0.1, 0.15) is 5.82 Å². The van der Waals surface area contributed by atoms with Crippen LogP contribution in [0.2, 0.25) is 0 Å². The maximum absolute atomic E-state index is 13.3. The average Bonchev–Trinajstić information content (AvgIpc) is 2.88. The number of sulfonamides is 1. The zero-order valence-corrected chi connectivity index (χ0v) is 20.3. The van der Waals surface area contributed by atoms with Crippen molar-refractivity contribution in [2.75, 3.05) is 26.1 Å². The summed E-state index contributed by atoms with van der Waals surface area (Å²) in [6.07, 6.45) is 0. The number of benzene rings is 3. The summed E-state index contributed by atoms with van der Waals surface area (Å²) in [6.45, 7) is -0.814. The maximum atomic E-state index is 13.3. The van der Waals surface area contributed by atoms with E-state index in [-0.39, 0.29) is 28.3 Å². The number of anilines is 1. The molecule has 0 aliphatic carbocycles. The van der Waals surface area contributed by atoms with Crippen molar-refractivity contribution in [2.45, 2.75) is 11.4 Å². The monoisotopic (exact) mass is 514 g/mol. The summed E-state index contributed by atoms with van der Waals surface area (Å²) >= 11 is 0. The third-order valence-electron chi connectivity index (χ3n) is 5.03. The first-order valence-corrected chi connectivity index (χ1v) is 12.0. The SMILES string of the molecule is COC(=O)c1cc(NC(=O)CN(Cc2ccc(F)cc2)S(=O)(=O)c2ccccc2)cc(C(=O)OC)c1. The number of carbonyl (C=O) groups excluding carboxylic acids is 3. The van der Waals surface area contributed by atoms with Gasteiger partial charge in [-0.1, -0.05) is 30.3 Å². The molecule has 0 aliphatic heterocycles. The molecule has 0 aromatic heterocycles. The number of methoxy groups -OCH3 is 2. The number of carbonyl (C=O) groups is 3. The molecular formula is C25H23FN2O7S. The zero-order chi connectivity index (χ0) is 26.3. The summed E-state index contributed by atoms with van der Waals surface area (Å²) in [5, 5.41) is 2.51. The zero-order valence-electron chi connectivity index (χ0n) is 19.4. The Morgan fingerprint density at radius 3 is 1.94 bits per heavy atom. The Balaban J connectivity index is 1.91. The van der Waals surface area contributed by atoms with E-state index in [9.17, 15) is 27.2 Å². The van der Waals surface area contributed by atoms with E-state index in [0.717, 1.165) is 18.5 Å². The van der Waals surface area contributed by atoms with Crippen molar-refractivity contribution < 1.29 is 36.7 Å². The van der Waals surface area contributed by atoms with Crippen LogP contribution in [0.1, 0.15) is 26.3 Å². The molecule has 3 rings (SSSR count). The maximum Gasteiger partial charge on any atom is 0.337 e. The second-order valence-electron chi connectivity index (χ2n) is 7.54. The molecule has 0 unspecified atom stereocenters. The molecule has 3 aromatic rings. The quantitative estimate of drug-likeness (QED) is 0.436. The van der Waals surface area contributed by atoms with Gasteiger partial charge in [-0.05, 0) is 48.0 Å². The lowest BCUT2D eigenvalue weighted by molar-refractivity contribution is -0.116. The van der Waals surface area contributed by atoms with Crippen LogP contribution in [0.3, 0.4) is 0 Å². The first-order chi connectivity index (χ1) is 17.1. The highest BCUT2D eigenvalue weighted by atomic mass is 32.2. The lowest BCUT2D eigenvalue weighted by Crippen LogP contribution is -2.37. The van der Waals surface area contributed by atoms with Crippen molar-refractivity contribution in [3.8, 4) is 0 Å². The number of halogens is 1. The fraction of sp³-hybridized carbons (Fsp3) is 0.160. The van der Waals surface area contributed by atoms with Crippen LogP contribution in [0.4, 0.5) is 10.1 Å². The fourth-order valence-electron chi connectivity index (χ4n) is 3.29. The summed E-state index contributed by atoms with van der Waals surface area (Å²) in [7, 11) is -1.80. The molecule has 9 nitrogen and oxygen atoms in total. The van der Waals surface area contributed by atoms with Crippen LogP contribution in [-0.4, -0.2) is 51.3 Å². The molecule has 0 radical (unpaired) electrons. The van der Waals surface area contributed by atoms with E-state index in [1.54, 1.807) is 18.2 Å². The normalized spacial score (nSPS) is 11.1. The molecule has 0 saturated heterocycles. The second kappa shape index (κ2) is 11.6. The van der Waals surface area contributed by atoms with E-state index in [2.05, 4.69) is 14.8 Å². The highest BCUT2D eigenvalue weighted by Crippen LogP contribution is 2.20. The van der Waals surface area contributed by atoms with Crippen LogP contribution in [0.5, 0.6) is 0 Å². The van der Waals surface area contributed by atoms with Gasteiger partial charge in [0.25, 0.3) is 0 Å². The van der Waals surface area contributed by atoms with Gasteiger partial charge in [0.15, 0.2) is 0 Å². The van der Waals surface area contributed by atoms with Crippen molar-refractivity contribution in [3.63, 3.8) is 0 Å². The molecule has 11 heteroatoms. The summed E-state index contributed by atoms with van der Waals surface area (Å²) < 4.78 is 50.3. The van der Waals surface area contributed by atoms with Crippen molar-refractivity contribution in [3.05, 3.63) is 95.3 Å². The Labute approximate surface area is 207 Å². The Hall–Kier alpha value is -4.09. The lowest BCUT2D eigenvalue weighted by atomic mass is 10.1. The summed E-state index contributed by atoms with van der Waals surface area (Å²) in [5.74, 6) is -2.73. The molecule has 0 atom stereocenters. The van der Waals surface area contributed by atoms with Crippen LogP contribution in [0, 0.1) is 5.82 Å². The van der Waals surface area contributed by atoms with Gasteiger partial charge in [-0.25, -0.2) is 22.4 Å². The van der Waals surface area contributed by atoms with Crippen molar-refractivity contribution in [2.24, 2.45) is 0 Å². The summed E-state index contributed by atoms with van der Waals surface area (Å²) in [6, 6.07) is 16.6. The van der Waals surface area contributed by atoms with Crippen LogP contribution in [0.15, 0.2) is 77.7 Å². The minimum Gasteiger partial charge on any atom is -0.465 e. The van der Waals surface area contributed by atoms with E-state index in [1.165, 1.54) is 54.6 Å². The van der Waals surface area contributed by atoms with Gasteiger partial charge >= 0.3 is 11.9 Å².